The molecular weight excluding hydrogens is 432 g/mol. The highest BCUT2D eigenvalue weighted by Gasteiger charge is 2.40. The molecule has 3 N–H and O–H groups in total. The lowest BCUT2D eigenvalue weighted by Gasteiger charge is -2.20. The zero-order valence-electron chi connectivity index (χ0n) is 18.3. The summed E-state index contributed by atoms with van der Waals surface area (Å²) in [5, 5.41) is 7.70. The Balaban J connectivity index is 1.71. The van der Waals surface area contributed by atoms with Gasteiger partial charge in [-0.05, 0) is 24.3 Å². The molecule has 1 saturated heterocycles. The monoisotopic (exact) mass is 457 g/mol. The van der Waals surface area contributed by atoms with Gasteiger partial charge in [0.15, 0.2) is 0 Å². The molecule has 2 aromatic carbocycles. The first-order valence-corrected chi connectivity index (χ1v) is 13.6. The second kappa shape index (κ2) is 9.40. The third kappa shape index (κ3) is 5.65. The average molecular weight is 458 g/mol. The average Bonchev–Trinajstić information content (AvgIpc) is 3.06. The predicted molar refractivity (Wildman–Crippen MR) is 121 cm³/mol. The van der Waals surface area contributed by atoms with Crippen LogP contribution < -0.4 is 20.7 Å². The van der Waals surface area contributed by atoms with Gasteiger partial charge in [0, 0.05) is 41.4 Å². The van der Waals surface area contributed by atoms with Crippen molar-refractivity contribution >= 4 is 25.7 Å². The molecule has 3 rings (SSSR count). The highest BCUT2D eigenvalue weighted by Crippen LogP contribution is 2.31. The Morgan fingerprint density at radius 2 is 1.78 bits per heavy atom. The van der Waals surface area contributed by atoms with E-state index >= 15 is 0 Å². The molecule has 2 aromatic rings. The minimum absolute atomic E-state index is 0.00555. The molecule has 0 aliphatic carbocycles. The highest BCUT2D eigenvalue weighted by molar-refractivity contribution is 6.83. The lowest BCUT2D eigenvalue weighted by molar-refractivity contribution is -0.120. The Morgan fingerprint density at radius 1 is 1.16 bits per heavy atom. The van der Waals surface area contributed by atoms with Crippen LogP contribution in [0.25, 0.3) is 0 Å². The number of benzene rings is 2. The maximum absolute atomic E-state index is 14.5. The molecule has 6 nitrogen and oxygen atoms in total. The summed E-state index contributed by atoms with van der Waals surface area (Å²) in [6.45, 7) is 6.44. The van der Waals surface area contributed by atoms with Crippen molar-refractivity contribution in [2.75, 3.05) is 19.0 Å². The summed E-state index contributed by atoms with van der Waals surface area (Å²) in [6, 6.07) is 7.27. The maximum Gasteiger partial charge on any atom is 0.319 e. The van der Waals surface area contributed by atoms with Crippen LogP contribution in [0.15, 0.2) is 36.4 Å². The van der Waals surface area contributed by atoms with E-state index in [9.17, 15) is 18.4 Å². The summed E-state index contributed by atoms with van der Waals surface area (Å²) in [5.74, 6) is 0.0465. The lowest BCUT2D eigenvalue weighted by atomic mass is 9.93. The third-order valence-electron chi connectivity index (χ3n) is 4.85. The van der Waals surface area contributed by atoms with Gasteiger partial charge >= 0.3 is 6.03 Å². The zero-order valence-corrected chi connectivity index (χ0v) is 19.3. The molecule has 0 spiro atoms. The molecule has 1 aliphatic heterocycles. The van der Waals surface area contributed by atoms with Gasteiger partial charge in [-0.25, -0.2) is 13.6 Å². The van der Waals surface area contributed by atoms with Gasteiger partial charge in [-0.3, -0.25) is 4.79 Å². The SMILES string of the molecule is COc1cc(F)c([C@@H]2CNC(=O)[C@H]2NC(=O)Nc2ccc(C#C[Si](C)(C)C)cc2)c(F)c1. The Labute approximate surface area is 186 Å². The largest absolute Gasteiger partial charge is 0.497 e. The molecule has 168 valence electrons. The van der Waals surface area contributed by atoms with E-state index in [4.69, 9.17) is 4.74 Å². The molecular formula is C23H25F2N3O3Si. The number of anilines is 1. The molecule has 1 aliphatic rings. The molecule has 3 amide bonds. The molecule has 1 fully saturated rings. The number of hydrogen-bond acceptors (Lipinski definition) is 3. The molecule has 0 aromatic heterocycles. The van der Waals surface area contributed by atoms with Crippen LogP contribution in [0.1, 0.15) is 17.0 Å². The number of hydrogen-bond donors (Lipinski definition) is 3. The molecule has 0 bridgehead atoms. The number of halogens is 2. The second-order valence-electron chi connectivity index (χ2n) is 8.51. The van der Waals surface area contributed by atoms with Gasteiger partial charge in [0.2, 0.25) is 5.91 Å². The Morgan fingerprint density at radius 3 is 2.34 bits per heavy atom. The Bertz CT molecular complexity index is 1070. The number of carbonyl (C=O) groups excluding carboxylic acids is 2. The molecule has 9 heteroatoms. The van der Waals surface area contributed by atoms with Crippen LogP contribution in [-0.2, 0) is 4.79 Å². The first kappa shape index (κ1) is 23.3. The molecule has 0 radical (unpaired) electrons. The molecule has 0 saturated carbocycles. The van der Waals surface area contributed by atoms with Gasteiger partial charge in [0.1, 0.15) is 31.5 Å². The van der Waals surface area contributed by atoms with Gasteiger partial charge < -0.3 is 20.7 Å². The third-order valence-corrected chi connectivity index (χ3v) is 5.73. The molecule has 1 heterocycles. The number of methoxy groups -OCH3 is 1. The van der Waals surface area contributed by atoms with Gasteiger partial charge in [0.25, 0.3) is 0 Å². The van der Waals surface area contributed by atoms with Gasteiger partial charge in [-0.15, -0.1) is 5.54 Å². The van der Waals surface area contributed by atoms with Gasteiger partial charge in [0.05, 0.1) is 7.11 Å². The predicted octanol–water partition coefficient (Wildman–Crippen LogP) is 3.61. The summed E-state index contributed by atoms with van der Waals surface area (Å²) >= 11 is 0. The van der Waals surface area contributed by atoms with E-state index in [1.165, 1.54) is 7.11 Å². The van der Waals surface area contributed by atoms with Crippen molar-refractivity contribution in [2.45, 2.75) is 31.6 Å². The quantitative estimate of drug-likeness (QED) is 0.485. The number of urea groups is 1. The Kier molecular flexibility index (Phi) is 6.84. The van der Waals surface area contributed by atoms with E-state index in [1.807, 2.05) is 0 Å². The van der Waals surface area contributed by atoms with Crippen LogP contribution in [0.5, 0.6) is 5.75 Å². The lowest BCUT2D eigenvalue weighted by Crippen LogP contribution is -2.45. The summed E-state index contributed by atoms with van der Waals surface area (Å²) < 4.78 is 33.9. The number of amides is 3. The van der Waals surface area contributed by atoms with E-state index < -0.39 is 43.6 Å². The van der Waals surface area contributed by atoms with Crippen LogP contribution in [-0.4, -0.2) is 39.7 Å². The molecule has 2 atom stereocenters. The second-order valence-corrected chi connectivity index (χ2v) is 13.3. The summed E-state index contributed by atoms with van der Waals surface area (Å²) in [6.07, 6.45) is 0. The van der Waals surface area contributed by atoms with Crippen LogP contribution in [0, 0.1) is 23.1 Å². The fourth-order valence-electron chi connectivity index (χ4n) is 3.29. The van der Waals surface area contributed by atoms with E-state index in [1.54, 1.807) is 24.3 Å². The maximum atomic E-state index is 14.5. The van der Waals surface area contributed by atoms with Crippen molar-refractivity contribution in [3.63, 3.8) is 0 Å². The summed E-state index contributed by atoms with van der Waals surface area (Å²) in [4.78, 5) is 24.7. The van der Waals surface area contributed by atoms with E-state index in [-0.39, 0.29) is 17.9 Å². The first-order chi connectivity index (χ1) is 15.1. The van der Waals surface area contributed by atoms with Crippen LogP contribution in [0.2, 0.25) is 19.6 Å². The summed E-state index contributed by atoms with van der Waals surface area (Å²) in [7, 11) is -0.194. The number of nitrogens with one attached hydrogen (secondary N) is 3. The minimum atomic E-state index is -1.49. The topological polar surface area (TPSA) is 79.5 Å². The molecule has 32 heavy (non-hydrogen) atoms. The van der Waals surface area contributed by atoms with Gasteiger partial charge in [-0.2, -0.15) is 0 Å². The first-order valence-electron chi connectivity index (χ1n) is 10.1. The van der Waals surface area contributed by atoms with E-state index in [0.717, 1.165) is 17.7 Å². The van der Waals surface area contributed by atoms with Crippen molar-refractivity contribution < 1.29 is 23.1 Å². The molecule has 0 unspecified atom stereocenters. The fraction of sp³-hybridized carbons (Fsp3) is 0.304. The van der Waals surface area contributed by atoms with Crippen LogP contribution in [0.3, 0.4) is 0 Å². The van der Waals surface area contributed by atoms with Gasteiger partial charge in [-0.1, -0.05) is 25.6 Å². The van der Waals surface area contributed by atoms with Crippen molar-refractivity contribution in [2.24, 2.45) is 0 Å². The normalized spacial score (nSPS) is 17.8. The zero-order chi connectivity index (χ0) is 23.5. The standard InChI is InChI=1S/C23H25F2N3O3Si/c1-31-16-11-18(24)20(19(25)12-16)17-13-26-22(29)21(17)28-23(30)27-15-7-5-14(6-8-15)9-10-32(2,3)4/h5-8,11-12,17,21H,13H2,1-4H3,(H,26,29)(H2,27,28,30)/t17-,21-/m0/s1. The highest BCUT2D eigenvalue weighted by atomic mass is 28.3. The van der Waals surface area contributed by atoms with E-state index in [0.29, 0.717) is 5.69 Å². The Hall–Kier alpha value is -3.38. The minimum Gasteiger partial charge on any atom is -0.497 e. The number of rotatable bonds is 4. The van der Waals surface area contributed by atoms with Crippen LogP contribution >= 0.6 is 0 Å². The van der Waals surface area contributed by atoms with Crippen molar-refractivity contribution in [3.05, 3.63) is 59.2 Å². The van der Waals surface area contributed by atoms with E-state index in [2.05, 4.69) is 47.1 Å². The van der Waals surface area contributed by atoms with Crippen molar-refractivity contribution in [1.29, 1.82) is 0 Å². The number of carbonyl (C=O) groups is 2. The summed E-state index contributed by atoms with van der Waals surface area (Å²) in [5.41, 5.74) is 4.32. The smallest absolute Gasteiger partial charge is 0.319 e. The number of ether oxygens (including phenoxy) is 1. The van der Waals surface area contributed by atoms with Crippen molar-refractivity contribution in [3.8, 4) is 17.2 Å². The fourth-order valence-corrected chi connectivity index (χ4v) is 3.81. The van der Waals surface area contributed by atoms with Crippen LogP contribution in [0.4, 0.5) is 19.3 Å². The van der Waals surface area contributed by atoms with Crippen molar-refractivity contribution in [1.82, 2.24) is 10.6 Å².